The van der Waals surface area contributed by atoms with E-state index in [0.717, 1.165) is 30.7 Å². The molecule has 0 aliphatic carbocycles. The van der Waals surface area contributed by atoms with Crippen molar-refractivity contribution >= 4 is 10.0 Å². The molecule has 0 unspecified atom stereocenters. The molecule has 2 saturated heterocycles. The van der Waals surface area contributed by atoms with Crippen molar-refractivity contribution in [2.45, 2.75) is 42.9 Å². The second-order valence-electron chi connectivity index (χ2n) is 5.81. The fraction of sp³-hybridized carbons (Fsp3) is 0.600. The average molecular weight is 381 g/mol. The van der Waals surface area contributed by atoms with Crippen LogP contribution in [0.15, 0.2) is 29.2 Å². The van der Waals surface area contributed by atoms with E-state index in [4.69, 9.17) is 9.47 Å². The van der Waals surface area contributed by atoms with Crippen molar-refractivity contribution < 1.29 is 35.8 Å². The number of alkyl halides is 3. The molecule has 140 valence electrons. The Morgan fingerprint density at radius 1 is 1.08 bits per heavy atom. The Kier molecular flexibility index (Phi) is 5.24. The molecular weight excluding hydrogens is 363 g/mol. The molecule has 0 amide bonds. The van der Waals surface area contributed by atoms with Crippen LogP contribution in [-0.4, -0.2) is 51.2 Å². The second kappa shape index (κ2) is 7.10. The Labute approximate surface area is 143 Å². The van der Waals surface area contributed by atoms with E-state index in [1.165, 1.54) is 4.31 Å². The summed E-state index contributed by atoms with van der Waals surface area (Å²) in [6, 6.07) is 3.76. The normalized spacial score (nSPS) is 23.7. The molecule has 25 heavy (non-hydrogen) atoms. The molecule has 1 aromatic carbocycles. The van der Waals surface area contributed by atoms with Gasteiger partial charge >= 0.3 is 6.36 Å². The maximum absolute atomic E-state index is 12.9. The predicted molar refractivity (Wildman–Crippen MR) is 80.3 cm³/mol. The number of ether oxygens (including phenoxy) is 3. The van der Waals surface area contributed by atoms with E-state index in [2.05, 4.69) is 4.74 Å². The highest BCUT2D eigenvalue weighted by molar-refractivity contribution is 7.89. The molecule has 2 aliphatic heterocycles. The van der Waals surface area contributed by atoms with E-state index >= 15 is 0 Å². The highest BCUT2D eigenvalue weighted by atomic mass is 32.2. The molecule has 0 radical (unpaired) electrons. The van der Waals surface area contributed by atoms with Crippen molar-refractivity contribution in [1.82, 2.24) is 4.31 Å². The lowest BCUT2D eigenvalue weighted by Crippen LogP contribution is -2.50. The van der Waals surface area contributed by atoms with Crippen molar-refractivity contribution in [1.29, 1.82) is 0 Å². The third-order valence-electron chi connectivity index (χ3n) is 4.12. The number of piperidine rings is 1. The van der Waals surface area contributed by atoms with Crippen molar-refractivity contribution in [2.24, 2.45) is 0 Å². The molecule has 0 bridgehead atoms. The predicted octanol–water partition coefficient (Wildman–Crippen LogP) is 2.50. The molecule has 3 rings (SSSR count). The third-order valence-corrected chi connectivity index (χ3v) is 6.06. The summed E-state index contributed by atoms with van der Waals surface area (Å²) >= 11 is 0. The van der Waals surface area contributed by atoms with Crippen molar-refractivity contribution in [2.75, 3.05) is 19.8 Å². The maximum Gasteiger partial charge on any atom is 0.573 e. The van der Waals surface area contributed by atoms with E-state index in [-0.39, 0.29) is 4.90 Å². The van der Waals surface area contributed by atoms with Crippen LogP contribution in [-0.2, 0) is 19.5 Å². The fourth-order valence-electron chi connectivity index (χ4n) is 3.05. The van der Waals surface area contributed by atoms with Gasteiger partial charge in [0.15, 0.2) is 6.29 Å². The van der Waals surface area contributed by atoms with Gasteiger partial charge in [0.25, 0.3) is 0 Å². The van der Waals surface area contributed by atoms with E-state index < -0.39 is 34.5 Å². The summed E-state index contributed by atoms with van der Waals surface area (Å²) in [5.74, 6) is -0.468. The zero-order valence-electron chi connectivity index (χ0n) is 13.2. The summed E-state index contributed by atoms with van der Waals surface area (Å²) in [5.41, 5.74) is 0. The Morgan fingerprint density at radius 3 is 2.32 bits per heavy atom. The van der Waals surface area contributed by atoms with Gasteiger partial charge in [-0.3, -0.25) is 0 Å². The Hall–Kier alpha value is -1.36. The Bertz CT molecular complexity index is 686. The highest BCUT2D eigenvalue weighted by Crippen LogP contribution is 2.31. The van der Waals surface area contributed by atoms with Gasteiger partial charge in [-0.05, 0) is 37.1 Å². The van der Waals surface area contributed by atoms with E-state index in [9.17, 15) is 21.6 Å². The minimum atomic E-state index is -4.82. The largest absolute Gasteiger partial charge is 0.573 e. The van der Waals surface area contributed by atoms with Crippen LogP contribution in [0, 0.1) is 0 Å². The third kappa shape index (κ3) is 4.25. The summed E-state index contributed by atoms with van der Waals surface area (Å²) in [7, 11) is -3.87. The van der Waals surface area contributed by atoms with Gasteiger partial charge < -0.3 is 14.2 Å². The quantitative estimate of drug-likeness (QED) is 0.802. The van der Waals surface area contributed by atoms with E-state index in [1.807, 2.05) is 0 Å². The first-order valence-electron chi connectivity index (χ1n) is 7.88. The van der Waals surface area contributed by atoms with Gasteiger partial charge in [0.05, 0.1) is 24.2 Å². The van der Waals surface area contributed by atoms with Crippen molar-refractivity contribution in [3.05, 3.63) is 24.3 Å². The molecule has 10 heteroatoms. The van der Waals surface area contributed by atoms with Crippen LogP contribution in [0.25, 0.3) is 0 Å². The molecule has 0 N–H and O–H groups in total. The summed E-state index contributed by atoms with van der Waals surface area (Å²) in [6.45, 7) is 1.15. The molecular formula is C15H18F3NO5S. The Balaban J connectivity index is 1.81. The van der Waals surface area contributed by atoms with Gasteiger partial charge in [0, 0.05) is 6.54 Å². The van der Waals surface area contributed by atoms with Crippen LogP contribution >= 0.6 is 0 Å². The number of sulfonamides is 1. The molecule has 2 aliphatic rings. The van der Waals surface area contributed by atoms with Gasteiger partial charge in [0.2, 0.25) is 10.0 Å². The number of hydrogen-bond donors (Lipinski definition) is 0. The topological polar surface area (TPSA) is 65.1 Å². The van der Waals surface area contributed by atoms with Gasteiger partial charge in [-0.2, -0.15) is 4.31 Å². The highest BCUT2D eigenvalue weighted by Gasteiger charge is 2.40. The zero-order chi connectivity index (χ0) is 18.1. The zero-order valence-corrected chi connectivity index (χ0v) is 14.1. The number of nitrogens with zero attached hydrogens (tertiary/aromatic N) is 1. The molecule has 0 aromatic heterocycles. The monoisotopic (exact) mass is 381 g/mol. The number of hydrogen-bond acceptors (Lipinski definition) is 5. The molecule has 6 nitrogen and oxygen atoms in total. The van der Waals surface area contributed by atoms with Crippen LogP contribution < -0.4 is 4.74 Å². The van der Waals surface area contributed by atoms with Crippen LogP contribution in [0.3, 0.4) is 0 Å². The minimum Gasteiger partial charge on any atom is -0.406 e. The fourth-order valence-corrected chi connectivity index (χ4v) is 4.73. The van der Waals surface area contributed by atoms with Gasteiger partial charge in [-0.1, -0.05) is 6.42 Å². The van der Waals surface area contributed by atoms with Crippen molar-refractivity contribution in [3.8, 4) is 5.75 Å². The molecule has 2 fully saturated rings. The van der Waals surface area contributed by atoms with E-state index in [1.54, 1.807) is 0 Å². The van der Waals surface area contributed by atoms with Gasteiger partial charge in [-0.25, -0.2) is 8.42 Å². The lowest BCUT2D eigenvalue weighted by atomic mass is 10.0. The Morgan fingerprint density at radius 2 is 1.72 bits per heavy atom. The standard InChI is InChI=1S/C15H18F3NO5S/c16-15(17,18)24-11-4-6-12(7-5-11)25(20,21)19-8-2-1-3-13(19)14-22-9-10-23-14/h4-7,13-14H,1-3,8-10H2/t13-/m0/s1. The van der Waals surface area contributed by atoms with Crippen LogP contribution in [0.5, 0.6) is 5.75 Å². The maximum atomic E-state index is 12.9. The molecule has 0 spiro atoms. The summed E-state index contributed by atoms with van der Waals surface area (Å²) < 4.78 is 78.5. The number of halogens is 3. The lowest BCUT2D eigenvalue weighted by molar-refractivity contribution is -0.274. The van der Waals surface area contributed by atoms with Crippen molar-refractivity contribution in [3.63, 3.8) is 0 Å². The molecule has 1 aromatic rings. The first kappa shape index (κ1) is 18.4. The van der Waals surface area contributed by atoms with Crippen LogP contribution in [0.1, 0.15) is 19.3 Å². The summed E-state index contributed by atoms with van der Waals surface area (Å²) in [5, 5.41) is 0. The second-order valence-corrected chi connectivity index (χ2v) is 7.70. The average Bonchev–Trinajstić information content (AvgIpc) is 3.08. The van der Waals surface area contributed by atoms with E-state index in [0.29, 0.717) is 32.6 Å². The van der Waals surface area contributed by atoms with Crippen LogP contribution in [0.4, 0.5) is 13.2 Å². The lowest BCUT2D eigenvalue weighted by Gasteiger charge is -2.36. The number of rotatable bonds is 4. The molecule has 1 atom stereocenters. The SMILES string of the molecule is O=S(=O)(c1ccc(OC(F)(F)F)cc1)N1CCCC[C@H]1C1OCCO1. The summed E-state index contributed by atoms with van der Waals surface area (Å²) in [6.07, 6.45) is -3.26. The summed E-state index contributed by atoms with van der Waals surface area (Å²) in [4.78, 5) is -0.0908. The minimum absolute atomic E-state index is 0.0908. The molecule has 2 heterocycles. The smallest absolute Gasteiger partial charge is 0.406 e. The van der Waals surface area contributed by atoms with Gasteiger partial charge in [0.1, 0.15) is 5.75 Å². The van der Waals surface area contributed by atoms with Gasteiger partial charge in [-0.15, -0.1) is 13.2 Å². The first-order chi connectivity index (χ1) is 11.8. The first-order valence-corrected chi connectivity index (χ1v) is 9.32. The molecule has 0 saturated carbocycles. The number of benzene rings is 1. The van der Waals surface area contributed by atoms with Crippen LogP contribution in [0.2, 0.25) is 0 Å².